The highest BCUT2D eigenvalue weighted by atomic mass is 32.2. The molecule has 1 amide bonds. The number of hydrogen-bond acceptors (Lipinski definition) is 6. The molecular formula is C22H22N6O2S. The summed E-state index contributed by atoms with van der Waals surface area (Å²) in [6, 6.07) is 11.5. The van der Waals surface area contributed by atoms with Crippen LogP contribution in [0.2, 0.25) is 0 Å². The Labute approximate surface area is 183 Å². The molecule has 0 aliphatic heterocycles. The number of carbonyl (C=O) groups is 1. The number of amides is 1. The number of fused-ring (bicyclic) bond motifs is 1. The summed E-state index contributed by atoms with van der Waals surface area (Å²) in [7, 11) is 0. The maximum atomic E-state index is 12.9. The van der Waals surface area contributed by atoms with Crippen molar-refractivity contribution in [3.05, 3.63) is 82.2 Å². The van der Waals surface area contributed by atoms with Crippen LogP contribution in [0.1, 0.15) is 21.5 Å². The van der Waals surface area contributed by atoms with Crippen molar-refractivity contribution in [3.63, 3.8) is 0 Å². The summed E-state index contributed by atoms with van der Waals surface area (Å²) in [4.78, 5) is 34.0. The van der Waals surface area contributed by atoms with Gasteiger partial charge in [-0.2, -0.15) is 5.10 Å². The number of rotatable bonds is 7. The maximum absolute atomic E-state index is 12.9. The van der Waals surface area contributed by atoms with Gasteiger partial charge in [-0.25, -0.2) is 14.6 Å². The second kappa shape index (κ2) is 9.13. The van der Waals surface area contributed by atoms with Gasteiger partial charge < -0.3 is 5.32 Å². The molecule has 1 N–H and O–H groups in total. The molecule has 0 fully saturated rings. The highest BCUT2D eigenvalue weighted by Gasteiger charge is 2.13. The minimum Gasteiger partial charge on any atom is -0.350 e. The van der Waals surface area contributed by atoms with Crippen molar-refractivity contribution in [2.24, 2.45) is 0 Å². The molecule has 0 spiro atoms. The van der Waals surface area contributed by atoms with Crippen LogP contribution in [0.15, 0.2) is 64.9 Å². The predicted octanol–water partition coefficient (Wildman–Crippen LogP) is 2.50. The second-order valence-corrected chi connectivity index (χ2v) is 7.88. The van der Waals surface area contributed by atoms with Gasteiger partial charge in [-0.15, -0.1) is 11.8 Å². The lowest BCUT2D eigenvalue weighted by Crippen LogP contribution is -2.28. The van der Waals surface area contributed by atoms with Gasteiger partial charge in [-0.1, -0.05) is 29.8 Å². The van der Waals surface area contributed by atoms with Gasteiger partial charge in [0.05, 0.1) is 24.8 Å². The van der Waals surface area contributed by atoms with E-state index < -0.39 is 0 Å². The van der Waals surface area contributed by atoms with E-state index in [2.05, 4.69) is 20.4 Å². The molecule has 4 rings (SSSR count). The SMILES string of the molecule is CSc1ncccc1C(=O)NCCn1ncc2c(=O)n(Cc3cccc(C)c3)cnc21. The van der Waals surface area contributed by atoms with Crippen LogP contribution in [0, 0.1) is 6.92 Å². The van der Waals surface area contributed by atoms with Gasteiger partial charge in [0.1, 0.15) is 16.7 Å². The van der Waals surface area contributed by atoms with Crippen molar-refractivity contribution in [2.75, 3.05) is 12.8 Å². The van der Waals surface area contributed by atoms with E-state index in [-0.39, 0.29) is 11.5 Å². The zero-order valence-electron chi connectivity index (χ0n) is 17.3. The highest BCUT2D eigenvalue weighted by molar-refractivity contribution is 7.98. The fraction of sp³-hybridized carbons (Fsp3) is 0.227. The number of nitrogens with zero attached hydrogens (tertiary/aromatic N) is 5. The fourth-order valence-electron chi connectivity index (χ4n) is 3.38. The van der Waals surface area contributed by atoms with E-state index in [0.717, 1.165) is 11.1 Å². The maximum Gasteiger partial charge on any atom is 0.264 e. The number of aromatic nitrogens is 5. The number of hydrogen-bond donors (Lipinski definition) is 1. The third-order valence-electron chi connectivity index (χ3n) is 4.88. The number of thioether (sulfide) groups is 1. The topological polar surface area (TPSA) is 94.7 Å². The molecule has 0 unspecified atom stereocenters. The lowest BCUT2D eigenvalue weighted by atomic mass is 10.1. The minimum absolute atomic E-state index is 0.137. The summed E-state index contributed by atoms with van der Waals surface area (Å²) in [6.45, 7) is 3.23. The van der Waals surface area contributed by atoms with Crippen molar-refractivity contribution in [2.45, 2.75) is 25.0 Å². The summed E-state index contributed by atoms with van der Waals surface area (Å²) in [6.07, 6.45) is 6.62. The summed E-state index contributed by atoms with van der Waals surface area (Å²) in [5.74, 6) is -0.192. The zero-order chi connectivity index (χ0) is 21.8. The number of carbonyl (C=O) groups excluding carboxylic acids is 1. The lowest BCUT2D eigenvalue weighted by molar-refractivity contribution is 0.0948. The Morgan fingerprint density at radius 1 is 1.19 bits per heavy atom. The Morgan fingerprint density at radius 2 is 2.06 bits per heavy atom. The van der Waals surface area contributed by atoms with Crippen LogP contribution in [-0.2, 0) is 13.1 Å². The molecule has 3 aromatic heterocycles. The van der Waals surface area contributed by atoms with Crippen molar-refractivity contribution in [1.29, 1.82) is 0 Å². The van der Waals surface area contributed by atoms with Crippen LogP contribution in [0.25, 0.3) is 11.0 Å². The molecule has 31 heavy (non-hydrogen) atoms. The van der Waals surface area contributed by atoms with Crippen LogP contribution in [-0.4, -0.2) is 43.0 Å². The number of pyridine rings is 1. The monoisotopic (exact) mass is 434 g/mol. The Bertz CT molecular complexity index is 1300. The molecule has 0 saturated heterocycles. The predicted molar refractivity (Wildman–Crippen MR) is 120 cm³/mol. The Balaban J connectivity index is 1.46. The van der Waals surface area contributed by atoms with E-state index in [1.807, 2.05) is 37.4 Å². The van der Waals surface area contributed by atoms with E-state index in [4.69, 9.17) is 0 Å². The molecule has 4 aromatic rings. The van der Waals surface area contributed by atoms with Gasteiger partial charge in [-0.3, -0.25) is 14.2 Å². The number of nitrogens with one attached hydrogen (secondary N) is 1. The standard InChI is InChI=1S/C22H22N6O2S/c1-15-5-3-6-16(11-15)13-27-14-25-19-18(22(27)30)12-26-28(19)10-9-23-20(29)17-7-4-8-24-21(17)31-2/h3-8,11-12,14H,9-10,13H2,1-2H3,(H,23,29). The molecule has 158 valence electrons. The van der Waals surface area contributed by atoms with Gasteiger partial charge in [-0.05, 0) is 30.9 Å². The van der Waals surface area contributed by atoms with Crippen molar-refractivity contribution < 1.29 is 4.79 Å². The van der Waals surface area contributed by atoms with Gasteiger partial charge in [0.2, 0.25) is 0 Å². The first-order chi connectivity index (χ1) is 15.1. The summed E-state index contributed by atoms with van der Waals surface area (Å²) in [5.41, 5.74) is 3.09. The quantitative estimate of drug-likeness (QED) is 0.449. The van der Waals surface area contributed by atoms with Crippen LogP contribution in [0.4, 0.5) is 0 Å². The molecule has 0 bridgehead atoms. The fourth-order valence-corrected chi connectivity index (χ4v) is 3.92. The molecule has 0 saturated carbocycles. The summed E-state index contributed by atoms with van der Waals surface area (Å²) >= 11 is 1.42. The van der Waals surface area contributed by atoms with Crippen LogP contribution in [0.5, 0.6) is 0 Å². The first-order valence-corrected chi connectivity index (χ1v) is 11.0. The second-order valence-electron chi connectivity index (χ2n) is 7.09. The van der Waals surface area contributed by atoms with Crippen LogP contribution >= 0.6 is 11.8 Å². The van der Waals surface area contributed by atoms with E-state index >= 15 is 0 Å². The van der Waals surface area contributed by atoms with Crippen molar-refractivity contribution in [3.8, 4) is 0 Å². The number of aryl methyl sites for hydroxylation is 1. The van der Waals surface area contributed by atoms with E-state index in [1.54, 1.807) is 33.9 Å². The lowest BCUT2D eigenvalue weighted by Gasteiger charge is -2.09. The molecule has 8 nitrogen and oxygen atoms in total. The van der Waals surface area contributed by atoms with Gasteiger partial charge in [0, 0.05) is 12.7 Å². The Morgan fingerprint density at radius 3 is 2.87 bits per heavy atom. The minimum atomic E-state index is -0.192. The van der Waals surface area contributed by atoms with E-state index in [9.17, 15) is 9.59 Å². The van der Waals surface area contributed by atoms with Gasteiger partial charge in [0.25, 0.3) is 11.5 Å². The third kappa shape index (κ3) is 4.51. The normalized spacial score (nSPS) is 11.0. The Hall–Kier alpha value is -3.46. The van der Waals surface area contributed by atoms with Crippen molar-refractivity contribution in [1.82, 2.24) is 29.6 Å². The first-order valence-electron chi connectivity index (χ1n) is 9.80. The summed E-state index contributed by atoms with van der Waals surface area (Å²) in [5, 5.41) is 8.31. The average Bonchev–Trinajstić information content (AvgIpc) is 3.19. The smallest absolute Gasteiger partial charge is 0.264 e. The highest BCUT2D eigenvalue weighted by Crippen LogP contribution is 2.16. The molecule has 0 atom stereocenters. The largest absolute Gasteiger partial charge is 0.350 e. The first kappa shape index (κ1) is 20.8. The summed E-state index contributed by atoms with van der Waals surface area (Å²) < 4.78 is 3.21. The van der Waals surface area contributed by atoms with Gasteiger partial charge in [0.15, 0.2) is 5.65 Å². The van der Waals surface area contributed by atoms with E-state index in [1.165, 1.54) is 18.0 Å². The molecule has 0 radical (unpaired) electrons. The van der Waals surface area contributed by atoms with Crippen LogP contribution in [0.3, 0.4) is 0 Å². The van der Waals surface area contributed by atoms with Gasteiger partial charge >= 0.3 is 0 Å². The third-order valence-corrected chi connectivity index (χ3v) is 5.59. The Kier molecular flexibility index (Phi) is 6.13. The molecule has 9 heteroatoms. The molecular weight excluding hydrogens is 412 g/mol. The molecule has 0 aliphatic carbocycles. The molecule has 1 aromatic carbocycles. The average molecular weight is 435 g/mol. The van der Waals surface area contributed by atoms with Crippen molar-refractivity contribution >= 4 is 28.7 Å². The number of benzene rings is 1. The molecule has 0 aliphatic rings. The van der Waals surface area contributed by atoms with E-state index in [0.29, 0.717) is 41.3 Å². The van der Waals surface area contributed by atoms with Crippen LogP contribution < -0.4 is 10.9 Å². The molecule has 3 heterocycles. The zero-order valence-corrected chi connectivity index (χ0v) is 18.1.